The fourth-order valence-electron chi connectivity index (χ4n) is 2.69. The molecule has 0 unspecified atom stereocenters. The van der Waals surface area contributed by atoms with E-state index in [2.05, 4.69) is 10.2 Å². The van der Waals surface area contributed by atoms with Gasteiger partial charge in [0.2, 0.25) is 17.5 Å². The molecule has 0 aliphatic heterocycles. The minimum atomic E-state index is -1.16. The number of carboxylic acids is 1. The molecule has 9 nitrogen and oxygen atoms in total. The van der Waals surface area contributed by atoms with Crippen LogP contribution in [0.1, 0.15) is 39.5 Å². The van der Waals surface area contributed by atoms with Gasteiger partial charge < -0.3 is 23.6 Å². The molecule has 2 aromatic heterocycles. The Morgan fingerprint density at radius 3 is 2.45 bits per heavy atom. The lowest BCUT2D eigenvalue weighted by molar-refractivity contribution is 0.0617. The number of aryl methyl sites for hydroxylation is 1. The van der Waals surface area contributed by atoms with Crippen LogP contribution in [0.25, 0.3) is 11.5 Å². The summed E-state index contributed by atoms with van der Waals surface area (Å²) < 4.78 is 16.0. The lowest BCUT2D eigenvalue weighted by Gasteiger charge is -2.21. The molecule has 3 rings (SSSR count). The van der Waals surface area contributed by atoms with Gasteiger partial charge in [0.15, 0.2) is 0 Å². The Morgan fingerprint density at radius 1 is 1.10 bits per heavy atom. The van der Waals surface area contributed by atoms with Gasteiger partial charge in [-0.2, -0.15) is 0 Å². The molecule has 0 aliphatic carbocycles. The first-order chi connectivity index (χ1) is 14.0. The van der Waals surface area contributed by atoms with Gasteiger partial charge >= 0.3 is 5.97 Å². The van der Waals surface area contributed by atoms with Crippen molar-refractivity contribution in [2.24, 2.45) is 0 Å². The van der Waals surface area contributed by atoms with Gasteiger partial charge in [0.25, 0.3) is 5.91 Å². The van der Waals surface area contributed by atoms with E-state index in [9.17, 15) is 9.59 Å². The van der Waals surface area contributed by atoms with E-state index >= 15 is 0 Å². The number of benzene rings is 1. The molecule has 0 atom stereocenters. The number of carboxylic acid groups (broad SMARTS) is 1. The van der Waals surface area contributed by atoms with Crippen molar-refractivity contribution in [1.29, 1.82) is 0 Å². The van der Waals surface area contributed by atoms with E-state index in [1.165, 1.54) is 6.07 Å². The number of hydrogen-bond acceptors (Lipinski definition) is 7. The number of aromatic carboxylic acids is 1. The lowest BCUT2D eigenvalue weighted by Crippen LogP contribution is -2.33. The van der Waals surface area contributed by atoms with E-state index in [1.54, 1.807) is 42.2 Å². The van der Waals surface area contributed by atoms with Gasteiger partial charge in [-0.15, -0.1) is 10.2 Å². The quantitative estimate of drug-likeness (QED) is 0.545. The van der Waals surface area contributed by atoms with Gasteiger partial charge in [0.05, 0.1) is 13.2 Å². The van der Waals surface area contributed by atoms with Crippen molar-refractivity contribution in [3.8, 4) is 11.5 Å². The number of hydrogen-bond donors (Lipinski definition) is 1. The maximum absolute atomic E-state index is 13.0. The SMILES string of the molecule is CCOCCN(Cc1ccc(C(=O)O)o1)C(=O)c1ccc(-c2nnc(C)o2)cc1. The van der Waals surface area contributed by atoms with Gasteiger partial charge in [-0.3, -0.25) is 4.79 Å². The van der Waals surface area contributed by atoms with Crippen LogP contribution in [-0.4, -0.2) is 51.8 Å². The van der Waals surface area contributed by atoms with E-state index in [0.29, 0.717) is 48.4 Å². The average molecular weight is 399 g/mol. The van der Waals surface area contributed by atoms with Crippen molar-refractivity contribution < 1.29 is 28.3 Å². The third-order valence-electron chi connectivity index (χ3n) is 4.12. The summed E-state index contributed by atoms with van der Waals surface area (Å²) in [6.07, 6.45) is 0. The third-order valence-corrected chi connectivity index (χ3v) is 4.12. The van der Waals surface area contributed by atoms with Gasteiger partial charge in [-0.1, -0.05) is 0 Å². The van der Waals surface area contributed by atoms with Crippen LogP contribution in [0.15, 0.2) is 45.2 Å². The number of nitrogens with zero attached hydrogens (tertiary/aromatic N) is 3. The molecule has 1 aromatic carbocycles. The van der Waals surface area contributed by atoms with Crippen LogP contribution >= 0.6 is 0 Å². The zero-order valence-corrected chi connectivity index (χ0v) is 16.1. The average Bonchev–Trinajstić information content (AvgIpc) is 3.36. The van der Waals surface area contributed by atoms with Crippen LogP contribution in [0.5, 0.6) is 0 Å². The first-order valence-corrected chi connectivity index (χ1v) is 9.07. The molecule has 0 saturated carbocycles. The summed E-state index contributed by atoms with van der Waals surface area (Å²) in [4.78, 5) is 25.5. The Balaban J connectivity index is 1.76. The monoisotopic (exact) mass is 399 g/mol. The van der Waals surface area contributed by atoms with Crippen LogP contribution in [0.2, 0.25) is 0 Å². The molecule has 0 fully saturated rings. The molecule has 3 aromatic rings. The number of aromatic nitrogens is 2. The second kappa shape index (κ2) is 9.16. The van der Waals surface area contributed by atoms with E-state index in [-0.39, 0.29) is 18.2 Å². The minimum Gasteiger partial charge on any atom is -0.475 e. The zero-order valence-electron chi connectivity index (χ0n) is 16.1. The fourth-order valence-corrected chi connectivity index (χ4v) is 2.69. The predicted molar refractivity (Wildman–Crippen MR) is 101 cm³/mol. The van der Waals surface area contributed by atoms with Crippen molar-refractivity contribution in [2.75, 3.05) is 19.8 Å². The summed E-state index contributed by atoms with van der Waals surface area (Å²) in [6, 6.07) is 9.73. The molecule has 1 amide bonds. The number of amides is 1. The summed E-state index contributed by atoms with van der Waals surface area (Å²) in [7, 11) is 0. The van der Waals surface area contributed by atoms with Crippen LogP contribution in [-0.2, 0) is 11.3 Å². The van der Waals surface area contributed by atoms with Crippen LogP contribution in [0.4, 0.5) is 0 Å². The van der Waals surface area contributed by atoms with Crippen molar-refractivity contribution >= 4 is 11.9 Å². The largest absolute Gasteiger partial charge is 0.475 e. The molecular formula is C20H21N3O6. The molecule has 0 radical (unpaired) electrons. The molecule has 9 heteroatoms. The summed E-state index contributed by atoms with van der Waals surface area (Å²) >= 11 is 0. The highest BCUT2D eigenvalue weighted by molar-refractivity contribution is 5.94. The third kappa shape index (κ3) is 5.08. The standard InChI is InChI=1S/C20H21N3O6/c1-3-27-11-10-23(12-16-8-9-17(29-16)20(25)26)19(24)15-6-4-14(5-7-15)18-22-21-13(2)28-18/h4-9H,3,10-12H2,1-2H3,(H,25,26). The van der Waals surface area contributed by atoms with Crippen molar-refractivity contribution in [3.05, 3.63) is 59.4 Å². The fraction of sp³-hybridized carbons (Fsp3) is 0.300. The molecular weight excluding hydrogens is 378 g/mol. The topological polar surface area (TPSA) is 119 Å². The Morgan fingerprint density at radius 2 is 1.86 bits per heavy atom. The molecule has 2 heterocycles. The highest BCUT2D eigenvalue weighted by Gasteiger charge is 2.19. The van der Waals surface area contributed by atoms with Crippen molar-refractivity contribution in [1.82, 2.24) is 15.1 Å². The summed E-state index contributed by atoms with van der Waals surface area (Å²) in [5, 5.41) is 16.8. The molecule has 152 valence electrons. The van der Waals surface area contributed by atoms with Crippen molar-refractivity contribution in [3.63, 3.8) is 0 Å². The molecule has 0 aliphatic rings. The van der Waals surface area contributed by atoms with Gasteiger partial charge in [0, 0.05) is 31.2 Å². The minimum absolute atomic E-state index is 0.129. The highest BCUT2D eigenvalue weighted by atomic mass is 16.5. The predicted octanol–water partition coefficient (Wildman–Crippen LogP) is 3.02. The lowest BCUT2D eigenvalue weighted by atomic mass is 10.1. The summed E-state index contributed by atoms with van der Waals surface area (Å²) in [5.41, 5.74) is 1.17. The number of furan rings is 1. The summed E-state index contributed by atoms with van der Waals surface area (Å²) in [5.74, 6) is -0.337. The number of carbonyl (C=O) groups excluding carboxylic acids is 1. The van der Waals surface area contributed by atoms with E-state index in [1.807, 2.05) is 6.92 Å². The van der Waals surface area contributed by atoms with E-state index < -0.39 is 5.97 Å². The highest BCUT2D eigenvalue weighted by Crippen LogP contribution is 2.20. The Kier molecular flexibility index (Phi) is 6.40. The number of ether oxygens (including phenoxy) is 1. The van der Waals surface area contributed by atoms with E-state index in [4.69, 9.17) is 18.7 Å². The smallest absolute Gasteiger partial charge is 0.371 e. The van der Waals surface area contributed by atoms with Crippen LogP contribution < -0.4 is 0 Å². The molecule has 0 spiro atoms. The molecule has 0 bridgehead atoms. The molecule has 0 saturated heterocycles. The number of rotatable bonds is 9. The molecule has 1 N–H and O–H groups in total. The molecule has 29 heavy (non-hydrogen) atoms. The Labute approximate surface area is 166 Å². The summed E-state index contributed by atoms with van der Waals surface area (Å²) in [6.45, 7) is 4.92. The van der Waals surface area contributed by atoms with Gasteiger partial charge in [0.1, 0.15) is 5.76 Å². The first kappa shape index (κ1) is 20.3. The zero-order chi connectivity index (χ0) is 20.8. The maximum atomic E-state index is 13.0. The second-order valence-corrected chi connectivity index (χ2v) is 6.20. The Bertz CT molecular complexity index is 976. The normalized spacial score (nSPS) is 10.8. The van der Waals surface area contributed by atoms with Crippen molar-refractivity contribution in [2.45, 2.75) is 20.4 Å². The first-order valence-electron chi connectivity index (χ1n) is 9.07. The Hall–Kier alpha value is -3.46. The van der Waals surface area contributed by atoms with Gasteiger partial charge in [-0.05, 0) is 43.3 Å². The van der Waals surface area contributed by atoms with Gasteiger partial charge in [-0.25, -0.2) is 4.79 Å². The van der Waals surface area contributed by atoms with E-state index in [0.717, 1.165) is 0 Å². The number of carbonyl (C=O) groups is 2. The second-order valence-electron chi connectivity index (χ2n) is 6.20. The maximum Gasteiger partial charge on any atom is 0.371 e. The van der Waals surface area contributed by atoms with Crippen LogP contribution in [0, 0.1) is 6.92 Å². The van der Waals surface area contributed by atoms with Crippen LogP contribution in [0.3, 0.4) is 0 Å².